The molecule has 2 rings (SSSR count). The van der Waals surface area contributed by atoms with E-state index in [1.807, 2.05) is 0 Å². The van der Waals surface area contributed by atoms with Crippen LogP contribution in [0.15, 0.2) is 12.3 Å². The molecule has 2 aliphatic heterocycles. The van der Waals surface area contributed by atoms with E-state index in [1.165, 1.54) is 12.3 Å². The molecule has 4 nitrogen and oxygen atoms in total. The Bertz CT molecular complexity index is 242. The van der Waals surface area contributed by atoms with Gasteiger partial charge in [-0.05, 0) is 13.3 Å². The summed E-state index contributed by atoms with van der Waals surface area (Å²) in [7, 11) is 0. The molecule has 0 saturated carbocycles. The van der Waals surface area contributed by atoms with E-state index in [0.29, 0.717) is 13.2 Å². The van der Waals surface area contributed by atoms with Gasteiger partial charge >= 0.3 is 0 Å². The van der Waals surface area contributed by atoms with Gasteiger partial charge in [0.1, 0.15) is 0 Å². The molecule has 0 aromatic carbocycles. The quantitative estimate of drug-likeness (QED) is 0.599. The normalized spacial score (nSPS) is 35.0. The average Bonchev–Trinajstić information content (AvgIpc) is 2.50. The van der Waals surface area contributed by atoms with Crippen molar-refractivity contribution in [3.05, 3.63) is 12.3 Å². The first-order chi connectivity index (χ1) is 6.23. The van der Waals surface area contributed by atoms with E-state index < -0.39 is 11.9 Å². The van der Waals surface area contributed by atoms with Crippen molar-refractivity contribution in [3.63, 3.8) is 0 Å². The minimum absolute atomic E-state index is 0.0978. The van der Waals surface area contributed by atoms with E-state index in [0.717, 1.165) is 6.42 Å². The number of ketones is 1. The minimum atomic E-state index is -0.972. The first-order valence-electron chi connectivity index (χ1n) is 4.35. The zero-order valence-corrected chi connectivity index (χ0v) is 7.49. The number of carbonyl (C=O) groups excluding carboxylic acids is 1. The van der Waals surface area contributed by atoms with Crippen molar-refractivity contribution in [2.75, 3.05) is 13.2 Å². The second kappa shape index (κ2) is 3.12. The van der Waals surface area contributed by atoms with E-state index >= 15 is 0 Å². The van der Waals surface area contributed by atoms with Crippen LogP contribution in [0.4, 0.5) is 0 Å². The molecule has 13 heavy (non-hydrogen) atoms. The topological polar surface area (TPSA) is 44.8 Å². The highest BCUT2D eigenvalue weighted by atomic mass is 16.7. The Hall–Kier alpha value is -0.870. The molecule has 0 bridgehead atoms. The van der Waals surface area contributed by atoms with Crippen LogP contribution in [0.1, 0.15) is 13.3 Å². The summed E-state index contributed by atoms with van der Waals surface area (Å²) in [5, 5.41) is 0. The van der Waals surface area contributed by atoms with Gasteiger partial charge in [0.2, 0.25) is 17.7 Å². The van der Waals surface area contributed by atoms with Crippen LogP contribution >= 0.6 is 0 Å². The molecule has 72 valence electrons. The number of hydrogen-bond acceptors (Lipinski definition) is 4. The summed E-state index contributed by atoms with van der Waals surface area (Å²) in [5.74, 6) is -0.0978. The predicted octanol–water partition coefficient (Wildman–Crippen LogP) is 0.621. The van der Waals surface area contributed by atoms with E-state index in [9.17, 15) is 4.79 Å². The van der Waals surface area contributed by atoms with Crippen molar-refractivity contribution in [1.29, 1.82) is 0 Å². The Morgan fingerprint density at radius 2 is 2.15 bits per heavy atom. The number of hydrogen-bond donors (Lipinski definition) is 0. The van der Waals surface area contributed by atoms with E-state index in [1.54, 1.807) is 6.92 Å². The van der Waals surface area contributed by atoms with Crippen molar-refractivity contribution in [2.45, 2.75) is 25.2 Å². The maximum atomic E-state index is 11.4. The van der Waals surface area contributed by atoms with Crippen LogP contribution in [0, 0.1) is 0 Å². The van der Waals surface area contributed by atoms with E-state index in [2.05, 4.69) is 0 Å². The number of carbonyl (C=O) groups is 1. The largest absolute Gasteiger partial charge is 0.481 e. The lowest BCUT2D eigenvalue weighted by atomic mass is 10.0. The van der Waals surface area contributed by atoms with Crippen molar-refractivity contribution in [3.8, 4) is 0 Å². The summed E-state index contributed by atoms with van der Waals surface area (Å²) in [6, 6.07) is 0. The molecular weight excluding hydrogens is 172 g/mol. The fourth-order valence-electron chi connectivity index (χ4n) is 1.44. The molecule has 2 heterocycles. The maximum Gasteiger partial charge on any atom is 0.217 e. The third kappa shape index (κ3) is 1.36. The van der Waals surface area contributed by atoms with E-state index in [4.69, 9.17) is 14.2 Å². The first kappa shape index (κ1) is 8.72. The SMILES string of the molecule is CC1(C2OCCCO2)OC=CC1=O. The van der Waals surface area contributed by atoms with Gasteiger partial charge in [-0.1, -0.05) is 0 Å². The summed E-state index contributed by atoms with van der Waals surface area (Å²) in [4.78, 5) is 11.4. The monoisotopic (exact) mass is 184 g/mol. The lowest BCUT2D eigenvalue weighted by Gasteiger charge is -2.33. The second-order valence-corrected chi connectivity index (χ2v) is 3.32. The van der Waals surface area contributed by atoms with Crippen LogP contribution in [0.5, 0.6) is 0 Å². The summed E-state index contributed by atoms with van der Waals surface area (Å²) in [5.41, 5.74) is -0.972. The van der Waals surface area contributed by atoms with Crippen molar-refractivity contribution in [2.24, 2.45) is 0 Å². The molecule has 0 N–H and O–H groups in total. The Morgan fingerprint density at radius 3 is 2.69 bits per heavy atom. The predicted molar refractivity (Wildman–Crippen MR) is 43.9 cm³/mol. The number of rotatable bonds is 1. The van der Waals surface area contributed by atoms with Crippen LogP contribution in [-0.4, -0.2) is 30.9 Å². The van der Waals surface area contributed by atoms with Gasteiger partial charge in [0, 0.05) is 6.08 Å². The van der Waals surface area contributed by atoms with Crippen LogP contribution in [-0.2, 0) is 19.0 Å². The summed E-state index contributed by atoms with van der Waals surface area (Å²) < 4.78 is 15.9. The molecule has 0 aromatic heterocycles. The Labute approximate surface area is 76.5 Å². The van der Waals surface area contributed by atoms with Gasteiger partial charge in [0.25, 0.3) is 0 Å². The first-order valence-corrected chi connectivity index (χ1v) is 4.35. The summed E-state index contributed by atoms with van der Waals surface area (Å²) >= 11 is 0. The van der Waals surface area contributed by atoms with Gasteiger partial charge in [-0.3, -0.25) is 4.79 Å². The minimum Gasteiger partial charge on any atom is -0.481 e. The lowest BCUT2D eigenvalue weighted by molar-refractivity contribution is -0.246. The Balaban J connectivity index is 2.09. The third-order valence-electron chi connectivity index (χ3n) is 2.30. The smallest absolute Gasteiger partial charge is 0.217 e. The molecule has 0 aliphatic carbocycles. The third-order valence-corrected chi connectivity index (χ3v) is 2.30. The average molecular weight is 184 g/mol. The molecule has 1 atom stereocenters. The highest BCUT2D eigenvalue weighted by Crippen LogP contribution is 2.28. The zero-order valence-electron chi connectivity index (χ0n) is 7.49. The molecule has 4 heteroatoms. The van der Waals surface area contributed by atoms with Crippen LogP contribution in [0.25, 0.3) is 0 Å². The molecule has 2 aliphatic rings. The summed E-state index contributed by atoms with van der Waals surface area (Å²) in [6.45, 7) is 2.93. The van der Waals surface area contributed by atoms with Gasteiger partial charge in [-0.25, -0.2) is 0 Å². The van der Waals surface area contributed by atoms with Crippen LogP contribution in [0.2, 0.25) is 0 Å². The fraction of sp³-hybridized carbons (Fsp3) is 0.667. The second-order valence-electron chi connectivity index (χ2n) is 3.32. The van der Waals surface area contributed by atoms with E-state index in [-0.39, 0.29) is 5.78 Å². The maximum absolute atomic E-state index is 11.4. The summed E-state index contributed by atoms with van der Waals surface area (Å²) in [6.07, 6.45) is 3.10. The van der Waals surface area contributed by atoms with Gasteiger partial charge in [-0.2, -0.15) is 0 Å². The zero-order chi connectivity index (χ0) is 9.31. The highest BCUT2D eigenvalue weighted by molar-refractivity contribution is 5.98. The van der Waals surface area contributed by atoms with Crippen LogP contribution in [0.3, 0.4) is 0 Å². The van der Waals surface area contributed by atoms with Crippen LogP contribution < -0.4 is 0 Å². The molecule has 0 amide bonds. The molecule has 1 unspecified atom stereocenters. The Kier molecular flexibility index (Phi) is 2.09. The van der Waals surface area contributed by atoms with Crippen molar-refractivity contribution in [1.82, 2.24) is 0 Å². The highest BCUT2D eigenvalue weighted by Gasteiger charge is 2.47. The molecule has 1 saturated heterocycles. The van der Waals surface area contributed by atoms with Gasteiger partial charge in [-0.15, -0.1) is 0 Å². The van der Waals surface area contributed by atoms with Gasteiger partial charge in [0.05, 0.1) is 19.5 Å². The number of ether oxygens (including phenoxy) is 3. The molecular formula is C9H12O4. The molecule has 0 spiro atoms. The molecule has 0 aromatic rings. The van der Waals surface area contributed by atoms with Crippen molar-refractivity contribution >= 4 is 5.78 Å². The Morgan fingerprint density at radius 1 is 1.46 bits per heavy atom. The molecule has 1 fully saturated rings. The standard InChI is InChI=1S/C9H12O4/c1-9(7(10)3-6-13-9)8-11-4-2-5-12-8/h3,6,8H,2,4-5H2,1H3. The van der Waals surface area contributed by atoms with Gasteiger partial charge in [0.15, 0.2) is 0 Å². The fourth-order valence-corrected chi connectivity index (χ4v) is 1.44. The molecule has 0 radical (unpaired) electrons. The lowest BCUT2D eigenvalue weighted by Crippen LogP contribution is -2.50. The van der Waals surface area contributed by atoms with Crippen molar-refractivity contribution < 1.29 is 19.0 Å². The van der Waals surface area contributed by atoms with Gasteiger partial charge < -0.3 is 14.2 Å².